The van der Waals surface area contributed by atoms with Crippen molar-refractivity contribution in [3.63, 3.8) is 0 Å². The van der Waals surface area contributed by atoms with Crippen LogP contribution in [0.4, 0.5) is 9.59 Å². The first-order valence-corrected chi connectivity index (χ1v) is 13.0. The molecule has 1 saturated carbocycles. The molecule has 2 aromatic rings. The number of likely N-dealkylation sites (tertiary alicyclic amines) is 1. The highest BCUT2D eigenvalue weighted by molar-refractivity contribution is 5.77. The molecule has 3 aliphatic heterocycles. The van der Waals surface area contributed by atoms with Crippen molar-refractivity contribution in [2.45, 2.75) is 70.7 Å². The average Bonchev–Trinajstić information content (AvgIpc) is 3.30. The van der Waals surface area contributed by atoms with E-state index in [1.54, 1.807) is 9.96 Å². The number of ether oxygens (including phenoxy) is 1. The van der Waals surface area contributed by atoms with Gasteiger partial charge in [0, 0.05) is 37.5 Å². The molecule has 1 aromatic carbocycles. The van der Waals surface area contributed by atoms with E-state index in [2.05, 4.69) is 6.07 Å². The number of benzene rings is 1. The fourth-order valence-electron chi connectivity index (χ4n) is 5.93. The maximum absolute atomic E-state index is 13.4. The van der Waals surface area contributed by atoms with Crippen molar-refractivity contribution in [1.29, 1.82) is 0 Å². The molecule has 2 bridgehead atoms. The van der Waals surface area contributed by atoms with E-state index < -0.39 is 5.60 Å². The molecule has 4 heterocycles. The quantitative estimate of drug-likeness (QED) is 0.556. The number of nitrogens with zero attached hydrogens (tertiary/aromatic N) is 3. The van der Waals surface area contributed by atoms with Crippen molar-refractivity contribution in [1.82, 2.24) is 14.9 Å². The van der Waals surface area contributed by atoms with E-state index in [9.17, 15) is 9.59 Å². The van der Waals surface area contributed by atoms with E-state index >= 15 is 0 Å². The second-order valence-electron chi connectivity index (χ2n) is 11.9. The number of furan rings is 1. The minimum atomic E-state index is -0.481. The average molecular weight is 494 g/mol. The standard InChI is InChI=1S/C28H35N3O5/c1-27(2,3)36-26(33)29-14-20(15-29)11-22-12-21(18-34-22)23-13-28(9-10-28)24-16-30(23)25(32)31(24)35-17-19-7-5-4-6-8-19/h4-8,12,18,20,23-24H,9-11,13-17H2,1-3H3/t23-,24+/m0/s1. The number of piperidine rings is 1. The summed E-state index contributed by atoms with van der Waals surface area (Å²) in [5.41, 5.74) is 1.79. The smallest absolute Gasteiger partial charge is 0.410 e. The summed E-state index contributed by atoms with van der Waals surface area (Å²) < 4.78 is 11.4. The molecule has 2 atom stereocenters. The van der Waals surface area contributed by atoms with Crippen LogP contribution in [-0.4, -0.2) is 58.3 Å². The van der Waals surface area contributed by atoms with Gasteiger partial charge in [0.25, 0.3) is 0 Å². The van der Waals surface area contributed by atoms with E-state index in [-0.39, 0.29) is 29.6 Å². The van der Waals surface area contributed by atoms with Crippen LogP contribution in [0.2, 0.25) is 0 Å². The third kappa shape index (κ3) is 4.36. The number of amides is 3. The maximum Gasteiger partial charge on any atom is 0.410 e. The molecule has 3 saturated heterocycles. The highest BCUT2D eigenvalue weighted by Crippen LogP contribution is 2.62. The Morgan fingerprint density at radius 3 is 2.58 bits per heavy atom. The van der Waals surface area contributed by atoms with Crippen LogP contribution in [0.25, 0.3) is 0 Å². The Balaban J connectivity index is 1.08. The van der Waals surface area contributed by atoms with Gasteiger partial charge in [-0.25, -0.2) is 9.59 Å². The number of fused-ring (bicyclic) bond motifs is 3. The maximum atomic E-state index is 13.4. The van der Waals surface area contributed by atoms with E-state index in [0.29, 0.717) is 32.2 Å². The predicted octanol–water partition coefficient (Wildman–Crippen LogP) is 5.15. The number of hydrogen-bond donors (Lipinski definition) is 0. The second-order valence-corrected chi connectivity index (χ2v) is 11.9. The van der Waals surface area contributed by atoms with E-state index in [1.165, 1.54) is 0 Å². The number of hydroxylamine groups is 2. The lowest BCUT2D eigenvalue weighted by Gasteiger charge is -2.39. The number of urea groups is 1. The Hall–Kier alpha value is -3.00. The molecule has 8 heteroatoms. The molecular formula is C28H35N3O5. The third-order valence-electron chi connectivity index (χ3n) is 8.03. The van der Waals surface area contributed by atoms with Gasteiger partial charge in [-0.3, -0.25) is 4.84 Å². The molecule has 4 fully saturated rings. The fourth-order valence-corrected chi connectivity index (χ4v) is 5.93. The minimum Gasteiger partial charge on any atom is -0.469 e. The summed E-state index contributed by atoms with van der Waals surface area (Å²) in [6.07, 6.45) is 5.56. The summed E-state index contributed by atoms with van der Waals surface area (Å²) in [5, 5.41) is 1.65. The van der Waals surface area contributed by atoms with Gasteiger partial charge in [-0.1, -0.05) is 30.3 Å². The molecule has 3 amide bonds. The molecule has 0 radical (unpaired) electrons. The van der Waals surface area contributed by atoms with E-state index in [0.717, 1.165) is 42.6 Å². The molecule has 1 aliphatic carbocycles. The van der Waals surface area contributed by atoms with Crippen LogP contribution >= 0.6 is 0 Å². The Morgan fingerprint density at radius 1 is 1.14 bits per heavy atom. The lowest BCUT2D eigenvalue weighted by atomic mass is 9.83. The Morgan fingerprint density at radius 2 is 1.89 bits per heavy atom. The van der Waals surface area contributed by atoms with Crippen LogP contribution in [0.3, 0.4) is 0 Å². The van der Waals surface area contributed by atoms with Crippen LogP contribution in [0.15, 0.2) is 47.1 Å². The first kappa shape index (κ1) is 23.4. The molecule has 0 unspecified atom stereocenters. The topological polar surface area (TPSA) is 75.5 Å². The zero-order chi connectivity index (χ0) is 25.1. The van der Waals surface area contributed by atoms with Crippen molar-refractivity contribution in [3.05, 3.63) is 59.5 Å². The molecular weight excluding hydrogens is 458 g/mol. The van der Waals surface area contributed by atoms with Gasteiger partial charge in [0.2, 0.25) is 0 Å². The Labute approximate surface area is 212 Å². The van der Waals surface area contributed by atoms with Gasteiger partial charge in [0.05, 0.1) is 18.3 Å². The van der Waals surface area contributed by atoms with Crippen molar-refractivity contribution in [3.8, 4) is 0 Å². The summed E-state index contributed by atoms with van der Waals surface area (Å²) in [7, 11) is 0. The number of hydrogen-bond acceptors (Lipinski definition) is 5. The summed E-state index contributed by atoms with van der Waals surface area (Å²) in [6.45, 7) is 8.10. The van der Waals surface area contributed by atoms with Crippen molar-refractivity contribution < 1.29 is 23.6 Å². The first-order valence-electron chi connectivity index (χ1n) is 13.0. The lowest BCUT2D eigenvalue weighted by molar-refractivity contribution is -0.153. The summed E-state index contributed by atoms with van der Waals surface area (Å²) >= 11 is 0. The monoisotopic (exact) mass is 493 g/mol. The summed E-state index contributed by atoms with van der Waals surface area (Å²) in [5.74, 6) is 1.27. The van der Waals surface area contributed by atoms with Gasteiger partial charge in [-0.2, -0.15) is 5.06 Å². The van der Waals surface area contributed by atoms with E-state index in [1.807, 2.05) is 62.3 Å². The van der Waals surface area contributed by atoms with Gasteiger partial charge >= 0.3 is 12.1 Å². The summed E-state index contributed by atoms with van der Waals surface area (Å²) in [6, 6.07) is 12.2. The molecule has 1 spiro atoms. The summed E-state index contributed by atoms with van der Waals surface area (Å²) in [4.78, 5) is 35.4. The zero-order valence-electron chi connectivity index (χ0n) is 21.3. The van der Waals surface area contributed by atoms with Gasteiger partial charge in [-0.05, 0) is 57.1 Å². The predicted molar refractivity (Wildman–Crippen MR) is 132 cm³/mol. The molecule has 192 valence electrons. The number of rotatable bonds is 6. The second kappa shape index (κ2) is 8.54. The Bertz CT molecular complexity index is 1130. The van der Waals surface area contributed by atoms with Crippen LogP contribution in [0, 0.1) is 11.3 Å². The molecule has 8 nitrogen and oxygen atoms in total. The molecule has 4 aliphatic rings. The van der Waals surface area contributed by atoms with Crippen molar-refractivity contribution >= 4 is 12.1 Å². The van der Waals surface area contributed by atoms with Gasteiger partial charge in [0.15, 0.2) is 0 Å². The first-order chi connectivity index (χ1) is 17.2. The van der Waals surface area contributed by atoms with Crippen LogP contribution in [0.1, 0.15) is 63.0 Å². The van der Waals surface area contributed by atoms with Crippen molar-refractivity contribution in [2.24, 2.45) is 11.3 Å². The highest BCUT2D eigenvalue weighted by atomic mass is 16.7. The molecule has 1 aromatic heterocycles. The normalized spacial score (nSPS) is 24.9. The highest BCUT2D eigenvalue weighted by Gasteiger charge is 2.63. The molecule has 6 rings (SSSR count). The SMILES string of the molecule is CC(C)(C)OC(=O)N1CC(Cc2cc([C@@H]3CC4(CC4)[C@H]4CN3C(=O)N4OCc3ccccc3)co2)C1. The third-order valence-corrected chi connectivity index (χ3v) is 8.03. The van der Waals surface area contributed by atoms with Crippen LogP contribution in [-0.2, 0) is 22.6 Å². The van der Waals surface area contributed by atoms with E-state index in [4.69, 9.17) is 14.0 Å². The van der Waals surface area contributed by atoms with Crippen LogP contribution in [0.5, 0.6) is 0 Å². The van der Waals surface area contributed by atoms with Gasteiger partial charge in [-0.15, -0.1) is 0 Å². The van der Waals surface area contributed by atoms with Crippen LogP contribution < -0.4 is 0 Å². The fraction of sp³-hybridized carbons (Fsp3) is 0.571. The van der Waals surface area contributed by atoms with Gasteiger partial charge < -0.3 is 19.0 Å². The lowest BCUT2D eigenvalue weighted by Crippen LogP contribution is -2.52. The molecule has 0 N–H and O–H groups in total. The van der Waals surface area contributed by atoms with Crippen molar-refractivity contribution in [2.75, 3.05) is 19.6 Å². The number of carbonyl (C=O) groups excluding carboxylic acids is 2. The minimum absolute atomic E-state index is 0.0127. The molecule has 36 heavy (non-hydrogen) atoms. The number of carbonyl (C=O) groups is 2. The Kier molecular flexibility index (Phi) is 5.55. The zero-order valence-corrected chi connectivity index (χ0v) is 21.3. The van der Waals surface area contributed by atoms with Gasteiger partial charge in [0.1, 0.15) is 18.0 Å². The largest absolute Gasteiger partial charge is 0.469 e.